The Morgan fingerprint density at radius 3 is 3.00 bits per heavy atom. The number of aryl methyl sites for hydroxylation is 2. The van der Waals surface area contributed by atoms with Gasteiger partial charge in [0.1, 0.15) is 5.75 Å². The number of nitrogens with zero attached hydrogens (tertiary/aromatic N) is 3. The zero-order chi connectivity index (χ0) is 13.7. The molecule has 98 valence electrons. The van der Waals surface area contributed by atoms with Gasteiger partial charge in [0, 0.05) is 6.42 Å². The van der Waals surface area contributed by atoms with Gasteiger partial charge in [-0.1, -0.05) is 18.1 Å². The van der Waals surface area contributed by atoms with Crippen molar-refractivity contribution in [3.05, 3.63) is 41.0 Å². The number of aromatic nitrogens is 2. The lowest BCUT2D eigenvalue weighted by atomic mass is 10.1. The van der Waals surface area contributed by atoms with Crippen LogP contribution in [0.5, 0.6) is 5.75 Å². The maximum Gasteiger partial charge on any atom is 0.226 e. The molecular weight excluding hydrogens is 242 g/mol. The standard InChI is InChI=1S/C14H15N3O2/c1-3-4-14-16-13(17-19-14)9-18-12-7-11(8-15)6-5-10(12)2/h5-7H,3-4,9H2,1-2H3. The van der Waals surface area contributed by atoms with Gasteiger partial charge in [-0.25, -0.2) is 0 Å². The van der Waals surface area contributed by atoms with Gasteiger partial charge in [-0.05, 0) is 31.0 Å². The van der Waals surface area contributed by atoms with Crippen LogP contribution in [0.2, 0.25) is 0 Å². The van der Waals surface area contributed by atoms with E-state index in [1.54, 1.807) is 12.1 Å². The average Bonchev–Trinajstić information content (AvgIpc) is 2.86. The number of hydrogen-bond acceptors (Lipinski definition) is 5. The van der Waals surface area contributed by atoms with Crippen molar-refractivity contribution < 1.29 is 9.26 Å². The van der Waals surface area contributed by atoms with Crippen LogP contribution in [0.3, 0.4) is 0 Å². The average molecular weight is 257 g/mol. The molecule has 0 bridgehead atoms. The van der Waals surface area contributed by atoms with Crippen LogP contribution in [0, 0.1) is 18.3 Å². The topological polar surface area (TPSA) is 71.9 Å². The predicted molar refractivity (Wildman–Crippen MR) is 68.5 cm³/mol. The molecular formula is C14H15N3O2. The molecule has 1 aromatic carbocycles. The Balaban J connectivity index is 2.03. The fourth-order valence-electron chi connectivity index (χ4n) is 1.63. The van der Waals surface area contributed by atoms with Crippen LogP contribution in [-0.4, -0.2) is 10.1 Å². The van der Waals surface area contributed by atoms with E-state index in [0.717, 1.165) is 18.4 Å². The zero-order valence-electron chi connectivity index (χ0n) is 11.0. The largest absolute Gasteiger partial charge is 0.485 e. The first-order valence-electron chi connectivity index (χ1n) is 6.18. The van der Waals surface area contributed by atoms with Crippen LogP contribution in [0.15, 0.2) is 22.7 Å². The predicted octanol–water partition coefficient (Wildman–Crippen LogP) is 2.78. The number of ether oxygens (including phenoxy) is 1. The maximum absolute atomic E-state index is 8.86. The minimum atomic E-state index is 0.239. The molecule has 0 N–H and O–H groups in total. The first-order chi connectivity index (χ1) is 9.22. The number of hydrogen-bond donors (Lipinski definition) is 0. The Bertz CT molecular complexity index is 599. The normalized spacial score (nSPS) is 10.2. The van der Waals surface area contributed by atoms with E-state index in [1.165, 1.54) is 0 Å². The second-order valence-corrected chi connectivity index (χ2v) is 4.24. The zero-order valence-corrected chi connectivity index (χ0v) is 11.0. The quantitative estimate of drug-likeness (QED) is 0.823. The van der Waals surface area contributed by atoms with E-state index in [0.29, 0.717) is 23.0 Å². The van der Waals surface area contributed by atoms with Gasteiger partial charge in [-0.3, -0.25) is 0 Å². The van der Waals surface area contributed by atoms with Crippen molar-refractivity contribution in [2.45, 2.75) is 33.3 Å². The van der Waals surface area contributed by atoms with Crippen LogP contribution in [0.25, 0.3) is 0 Å². The second-order valence-electron chi connectivity index (χ2n) is 4.24. The molecule has 0 amide bonds. The second kappa shape index (κ2) is 6.01. The summed E-state index contributed by atoms with van der Waals surface area (Å²) in [5.41, 5.74) is 1.54. The summed E-state index contributed by atoms with van der Waals surface area (Å²) in [6, 6.07) is 7.41. The minimum Gasteiger partial charge on any atom is -0.485 e. The molecule has 2 rings (SSSR count). The summed E-state index contributed by atoms with van der Waals surface area (Å²) in [6.07, 6.45) is 1.74. The highest BCUT2D eigenvalue weighted by atomic mass is 16.5. The molecule has 0 aliphatic carbocycles. The van der Waals surface area contributed by atoms with E-state index in [1.807, 2.05) is 13.0 Å². The van der Waals surface area contributed by atoms with Crippen molar-refractivity contribution >= 4 is 0 Å². The van der Waals surface area contributed by atoms with Crippen LogP contribution >= 0.6 is 0 Å². The summed E-state index contributed by atoms with van der Waals surface area (Å²) in [4.78, 5) is 4.22. The van der Waals surface area contributed by atoms with Crippen LogP contribution in [-0.2, 0) is 13.0 Å². The minimum absolute atomic E-state index is 0.239. The van der Waals surface area contributed by atoms with Crippen LogP contribution < -0.4 is 4.74 Å². The Morgan fingerprint density at radius 2 is 2.26 bits per heavy atom. The Hall–Kier alpha value is -2.35. The molecule has 1 heterocycles. The molecule has 19 heavy (non-hydrogen) atoms. The van der Waals surface area contributed by atoms with Crippen LogP contribution in [0.1, 0.15) is 36.2 Å². The molecule has 5 nitrogen and oxygen atoms in total. The number of nitriles is 1. The molecule has 0 aliphatic rings. The van der Waals surface area contributed by atoms with Gasteiger partial charge in [0.05, 0.1) is 11.6 Å². The SMILES string of the molecule is CCCc1nc(COc2cc(C#N)ccc2C)no1. The number of rotatable bonds is 5. The van der Waals surface area contributed by atoms with Gasteiger partial charge >= 0.3 is 0 Å². The Morgan fingerprint density at radius 1 is 1.42 bits per heavy atom. The fourth-order valence-corrected chi connectivity index (χ4v) is 1.63. The summed E-state index contributed by atoms with van der Waals surface area (Å²) in [7, 11) is 0. The van der Waals surface area contributed by atoms with E-state index < -0.39 is 0 Å². The maximum atomic E-state index is 8.86. The Kier molecular flexibility index (Phi) is 4.14. The third kappa shape index (κ3) is 3.32. The third-order valence-electron chi connectivity index (χ3n) is 2.65. The Labute approximate surface area is 111 Å². The summed E-state index contributed by atoms with van der Waals surface area (Å²) < 4.78 is 10.7. The van der Waals surface area contributed by atoms with Gasteiger partial charge < -0.3 is 9.26 Å². The summed E-state index contributed by atoms with van der Waals surface area (Å²) in [5, 5.41) is 12.7. The first kappa shape index (κ1) is 13.1. The molecule has 0 unspecified atom stereocenters. The van der Waals surface area contributed by atoms with E-state index in [2.05, 4.69) is 23.1 Å². The van der Waals surface area contributed by atoms with Crippen molar-refractivity contribution in [1.29, 1.82) is 5.26 Å². The van der Waals surface area contributed by atoms with Crippen molar-refractivity contribution in [3.8, 4) is 11.8 Å². The lowest BCUT2D eigenvalue weighted by Crippen LogP contribution is -1.99. The highest BCUT2D eigenvalue weighted by Gasteiger charge is 2.07. The highest BCUT2D eigenvalue weighted by molar-refractivity contribution is 5.41. The molecule has 1 aromatic heterocycles. The van der Waals surface area contributed by atoms with Crippen molar-refractivity contribution in [1.82, 2.24) is 10.1 Å². The first-order valence-corrected chi connectivity index (χ1v) is 6.18. The highest BCUT2D eigenvalue weighted by Crippen LogP contribution is 2.20. The van der Waals surface area contributed by atoms with Crippen LogP contribution in [0.4, 0.5) is 0 Å². The van der Waals surface area contributed by atoms with Gasteiger partial charge in [0.2, 0.25) is 11.7 Å². The van der Waals surface area contributed by atoms with Gasteiger partial charge in [0.25, 0.3) is 0 Å². The van der Waals surface area contributed by atoms with Gasteiger partial charge in [-0.2, -0.15) is 10.2 Å². The molecule has 0 radical (unpaired) electrons. The molecule has 0 aliphatic heterocycles. The lowest BCUT2D eigenvalue weighted by molar-refractivity contribution is 0.283. The van der Waals surface area contributed by atoms with Crippen molar-refractivity contribution in [2.24, 2.45) is 0 Å². The lowest BCUT2D eigenvalue weighted by Gasteiger charge is -2.06. The smallest absolute Gasteiger partial charge is 0.226 e. The molecule has 0 spiro atoms. The van der Waals surface area contributed by atoms with E-state index >= 15 is 0 Å². The van der Waals surface area contributed by atoms with E-state index in [4.69, 9.17) is 14.5 Å². The fraction of sp³-hybridized carbons (Fsp3) is 0.357. The molecule has 2 aromatic rings. The van der Waals surface area contributed by atoms with E-state index in [9.17, 15) is 0 Å². The summed E-state index contributed by atoms with van der Waals surface area (Å²) in [6.45, 7) is 4.22. The molecule has 0 atom stereocenters. The molecule has 0 fully saturated rings. The molecule has 0 saturated heterocycles. The summed E-state index contributed by atoms with van der Waals surface area (Å²) in [5.74, 6) is 1.81. The van der Waals surface area contributed by atoms with Crippen molar-refractivity contribution in [3.63, 3.8) is 0 Å². The molecule has 5 heteroatoms. The van der Waals surface area contributed by atoms with Gasteiger partial charge in [0.15, 0.2) is 6.61 Å². The monoisotopic (exact) mass is 257 g/mol. The summed E-state index contributed by atoms with van der Waals surface area (Å²) >= 11 is 0. The third-order valence-corrected chi connectivity index (χ3v) is 2.65. The van der Waals surface area contributed by atoms with Crippen molar-refractivity contribution in [2.75, 3.05) is 0 Å². The molecule has 0 saturated carbocycles. The number of benzene rings is 1. The van der Waals surface area contributed by atoms with Gasteiger partial charge in [-0.15, -0.1) is 0 Å². The van der Waals surface area contributed by atoms with E-state index in [-0.39, 0.29) is 6.61 Å².